The molecule has 120 valence electrons. The molecule has 0 fully saturated rings. The van der Waals surface area contributed by atoms with Gasteiger partial charge in [0.05, 0.1) is 7.11 Å². The number of anilines is 1. The molecular weight excluding hydrogens is 407 g/mol. The van der Waals surface area contributed by atoms with E-state index in [1.807, 2.05) is 53.1 Å². The van der Waals surface area contributed by atoms with Crippen LogP contribution in [0.2, 0.25) is 0 Å². The largest absolute Gasteiger partial charge is 0.497 e. The quantitative estimate of drug-likeness (QED) is 0.381. The summed E-state index contributed by atoms with van der Waals surface area (Å²) < 4.78 is 6.98. The molecule has 23 heavy (non-hydrogen) atoms. The van der Waals surface area contributed by atoms with Gasteiger partial charge >= 0.3 is 0 Å². The second-order valence-corrected chi connectivity index (χ2v) is 4.60. The first-order chi connectivity index (χ1) is 10.8. The van der Waals surface area contributed by atoms with Gasteiger partial charge in [-0.05, 0) is 36.4 Å². The minimum Gasteiger partial charge on any atom is -0.497 e. The summed E-state index contributed by atoms with van der Waals surface area (Å²) in [5.74, 6) is 1.84. The molecule has 2 aromatic heterocycles. The summed E-state index contributed by atoms with van der Waals surface area (Å²) in [5, 5.41) is 11.2. The van der Waals surface area contributed by atoms with Gasteiger partial charge in [-0.2, -0.15) is 0 Å². The number of benzene rings is 1. The van der Waals surface area contributed by atoms with Gasteiger partial charge in [0.2, 0.25) is 0 Å². The van der Waals surface area contributed by atoms with Crippen molar-refractivity contribution in [2.24, 2.45) is 10.7 Å². The number of hydrogen-bond acceptors (Lipinski definition) is 4. The number of nitrogens with zero attached hydrogens (tertiary/aromatic N) is 4. The van der Waals surface area contributed by atoms with Crippen LogP contribution in [0.4, 0.5) is 5.69 Å². The Kier molecular flexibility index (Phi) is 5.74. The summed E-state index contributed by atoms with van der Waals surface area (Å²) in [7, 11) is 1.63. The van der Waals surface area contributed by atoms with E-state index in [0.29, 0.717) is 12.5 Å². The van der Waals surface area contributed by atoms with E-state index in [0.717, 1.165) is 22.9 Å². The molecule has 1 aromatic carbocycles. The lowest BCUT2D eigenvalue weighted by Gasteiger charge is -2.06. The minimum atomic E-state index is 0. The van der Waals surface area contributed by atoms with Gasteiger partial charge in [0.15, 0.2) is 17.4 Å². The molecule has 0 aliphatic rings. The average Bonchev–Trinajstić information content (AvgIpc) is 2.97. The van der Waals surface area contributed by atoms with Crippen molar-refractivity contribution in [1.29, 1.82) is 0 Å². The van der Waals surface area contributed by atoms with Crippen LogP contribution in [0.5, 0.6) is 5.75 Å². The molecule has 0 spiro atoms. The number of rotatable bonds is 4. The fraction of sp³-hybridized carbons (Fsp3) is 0.133. The van der Waals surface area contributed by atoms with E-state index in [2.05, 4.69) is 20.5 Å². The number of halogens is 1. The van der Waals surface area contributed by atoms with Crippen molar-refractivity contribution in [3.63, 3.8) is 0 Å². The summed E-state index contributed by atoms with van der Waals surface area (Å²) in [4.78, 5) is 4.28. The highest BCUT2D eigenvalue weighted by atomic mass is 127. The fourth-order valence-electron chi connectivity index (χ4n) is 2.02. The van der Waals surface area contributed by atoms with Crippen LogP contribution in [-0.2, 0) is 6.54 Å². The molecule has 0 saturated heterocycles. The summed E-state index contributed by atoms with van der Waals surface area (Å²) in [6.07, 6.45) is 1.90. The zero-order valence-corrected chi connectivity index (χ0v) is 14.8. The van der Waals surface area contributed by atoms with Crippen LogP contribution in [0, 0.1) is 0 Å². The van der Waals surface area contributed by atoms with E-state index < -0.39 is 0 Å². The molecule has 3 aromatic rings. The highest BCUT2D eigenvalue weighted by Crippen LogP contribution is 2.14. The smallest absolute Gasteiger partial charge is 0.193 e. The van der Waals surface area contributed by atoms with Crippen molar-refractivity contribution < 1.29 is 4.74 Å². The fourth-order valence-corrected chi connectivity index (χ4v) is 2.02. The number of hydrogen-bond donors (Lipinski definition) is 2. The lowest BCUT2D eigenvalue weighted by molar-refractivity contribution is 0.415. The summed E-state index contributed by atoms with van der Waals surface area (Å²) in [5.41, 5.74) is 7.51. The number of ether oxygens (including phenoxy) is 1. The second-order valence-electron chi connectivity index (χ2n) is 4.60. The van der Waals surface area contributed by atoms with Gasteiger partial charge in [-0.3, -0.25) is 4.40 Å². The van der Waals surface area contributed by atoms with Gasteiger partial charge < -0.3 is 15.8 Å². The Balaban J connectivity index is 0.00000192. The van der Waals surface area contributed by atoms with E-state index >= 15 is 0 Å². The highest BCUT2D eigenvalue weighted by molar-refractivity contribution is 14.0. The number of nitrogens with one attached hydrogen (secondary N) is 1. The molecule has 0 atom stereocenters. The Hall–Kier alpha value is -2.36. The Morgan fingerprint density at radius 2 is 2.00 bits per heavy atom. The maximum Gasteiger partial charge on any atom is 0.193 e. The van der Waals surface area contributed by atoms with Crippen molar-refractivity contribution in [3.8, 4) is 5.75 Å². The predicted octanol–water partition coefficient (Wildman–Crippen LogP) is 2.28. The van der Waals surface area contributed by atoms with Crippen molar-refractivity contribution >= 4 is 41.3 Å². The average molecular weight is 424 g/mol. The molecule has 0 saturated carbocycles. The standard InChI is InChI=1S/C15H16N6O.HI/c1-22-12-7-5-11(6-8-12)18-15(16)17-10-14-20-19-13-4-2-3-9-21(13)14;/h2-9H,10H2,1H3,(H3,16,17,18);1H. The normalized spacial score (nSPS) is 11.1. The molecule has 2 heterocycles. The third-order valence-electron chi connectivity index (χ3n) is 3.14. The maximum atomic E-state index is 5.89. The van der Waals surface area contributed by atoms with E-state index in [-0.39, 0.29) is 24.0 Å². The number of fused-ring (bicyclic) bond motifs is 1. The first-order valence-electron chi connectivity index (χ1n) is 6.76. The SMILES string of the molecule is COc1ccc(NC(N)=NCc2nnc3ccccn23)cc1.I. The second kappa shape index (κ2) is 7.77. The number of nitrogens with two attached hydrogens (primary N) is 1. The maximum absolute atomic E-state index is 5.89. The monoisotopic (exact) mass is 424 g/mol. The Morgan fingerprint density at radius 1 is 1.22 bits per heavy atom. The van der Waals surface area contributed by atoms with Gasteiger partial charge in [-0.15, -0.1) is 34.2 Å². The third kappa shape index (κ3) is 4.09. The molecule has 7 nitrogen and oxygen atoms in total. The van der Waals surface area contributed by atoms with Crippen molar-refractivity contribution in [1.82, 2.24) is 14.6 Å². The van der Waals surface area contributed by atoms with Gasteiger partial charge in [0, 0.05) is 11.9 Å². The van der Waals surface area contributed by atoms with Crippen molar-refractivity contribution in [3.05, 3.63) is 54.5 Å². The number of methoxy groups -OCH3 is 1. The molecular formula is C15H17IN6O. The van der Waals surface area contributed by atoms with Gasteiger partial charge in [-0.1, -0.05) is 6.07 Å². The van der Waals surface area contributed by atoms with Crippen LogP contribution < -0.4 is 15.8 Å². The number of pyridine rings is 1. The summed E-state index contributed by atoms with van der Waals surface area (Å²) >= 11 is 0. The van der Waals surface area contributed by atoms with E-state index in [9.17, 15) is 0 Å². The van der Waals surface area contributed by atoms with E-state index in [1.54, 1.807) is 7.11 Å². The van der Waals surface area contributed by atoms with Gasteiger partial charge in [-0.25, -0.2) is 4.99 Å². The molecule has 0 radical (unpaired) electrons. The zero-order chi connectivity index (χ0) is 15.4. The molecule has 8 heteroatoms. The molecule has 0 unspecified atom stereocenters. The van der Waals surface area contributed by atoms with Crippen molar-refractivity contribution in [2.45, 2.75) is 6.54 Å². The van der Waals surface area contributed by atoms with E-state index in [1.165, 1.54) is 0 Å². The van der Waals surface area contributed by atoms with Crippen LogP contribution in [0.3, 0.4) is 0 Å². The Morgan fingerprint density at radius 3 is 2.74 bits per heavy atom. The van der Waals surface area contributed by atoms with Gasteiger partial charge in [0.25, 0.3) is 0 Å². The third-order valence-corrected chi connectivity index (χ3v) is 3.14. The topological polar surface area (TPSA) is 89.8 Å². The lowest BCUT2D eigenvalue weighted by Crippen LogP contribution is -2.22. The van der Waals surface area contributed by atoms with Crippen LogP contribution in [-0.4, -0.2) is 27.7 Å². The van der Waals surface area contributed by atoms with Crippen LogP contribution >= 0.6 is 24.0 Å². The van der Waals surface area contributed by atoms with Crippen LogP contribution in [0.25, 0.3) is 5.65 Å². The first kappa shape index (κ1) is 17.0. The minimum absolute atomic E-state index is 0. The van der Waals surface area contributed by atoms with Crippen LogP contribution in [0.15, 0.2) is 53.7 Å². The lowest BCUT2D eigenvalue weighted by atomic mass is 10.3. The zero-order valence-electron chi connectivity index (χ0n) is 12.5. The summed E-state index contributed by atoms with van der Waals surface area (Å²) in [6, 6.07) is 13.2. The van der Waals surface area contributed by atoms with Crippen LogP contribution in [0.1, 0.15) is 5.82 Å². The molecule has 0 aliphatic heterocycles. The Bertz CT molecular complexity index is 799. The van der Waals surface area contributed by atoms with E-state index in [4.69, 9.17) is 10.5 Å². The Labute approximate surface area is 150 Å². The number of aromatic nitrogens is 3. The molecule has 3 rings (SSSR count). The molecule has 0 amide bonds. The molecule has 0 bridgehead atoms. The predicted molar refractivity (Wildman–Crippen MR) is 100 cm³/mol. The number of aliphatic imine (C=N–C) groups is 1. The van der Waals surface area contributed by atoms with Crippen molar-refractivity contribution in [2.75, 3.05) is 12.4 Å². The van der Waals surface area contributed by atoms with Gasteiger partial charge in [0.1, 0.15) is 12.3 Å². The highest BCUT2D eigenvalue weighted by Gasteiger charge is 2.03. The number of guanidine groups is 1. The molecule has 3 N–H and O–H groups in total. The molecule has 0 aliphatic carbocycles. The summed E-state index contributed by atoms with van der Waals surface area (Å²) in [6.45, 7) is 0.347. The first-order valence-corrected chi connectivity index (χ1v) is 6.76.